The predicted molar refractivity (Wildman–Crippen MR) is 97.1 cm³/mol. The average molecular weight is 361 g/mol. The van der Waals surface area contributed by atoms with Gasteiger partial charge >= 0.3 is 0 Å². The molecular formula is C16H10Cl2N4S. The van der Waals surface area contributed by atoms with E-state index in [0.717, 1.165) is 11.0 Å². The van der Waals surface area contributed by atoms with Gasteiger partial charge in [0.1, 0.15) is 10.8 Å². The largest absolute Gasteiger partial charge is 0.348 e. The number of anilines is 1. The molecule has 0 aliphatic carbocycles. The lowest BCUT2D eigenvalue weighted by Gasteiger charge is -2.11. The minimum absolute atomic E-state index is 0.338. The first-order valence-corrected chi connectivity index (χ1v) is 7.85. The molecule has 0 saturated carbocycles. The maximum Gasteiger partial charge on any atom is 0.154 e. The number of imidazole rings is 1. The Morgan fingerprint density at radius 3 is 2.70 bits per heavy atom. The van der Waals surface area contributed by atoms with Crippen LogP contribution in [-0.4, -0.2) is 15.0 Å². The van der Waals surface area contributed by atoms with Crippen LogP contribution in [0.4, 0.5) is 5.69 Å². The van der Waals surface area contributed by atoms with Crippen LogP contribution in [-0.2, 0) is 0 Å². The number of hydrogen-bond donors (Lipinski definition) is 2. The van der Waals surface area contributed by atoms with Gasteiger partial charge in [-0.05, 0) is 30.3 Å². The molecule has 0 aliphatic rings. The normalized spacial score (nSPS) is 11.9. The fourth-order valence-electron chi connectivity index (χ4n) is 2.14. The lowest BCUT2D eigenvalue weighted by Crippen LogP contribution is -2.19. The minimum Gasteiger partial charge on any atom is -0.348 e. The van der Waals surface area contributed by atoms with Gasteiger partial charge in [0, 0.05) is 5.69 Å². The molecule has 4 nitrogen and oxygen atoms in total. The number of aromatic nitrogens is 2. The second-order valence-corrected chi connectivity index (χ2v) is 6.07. The summed E-state index contributed by atoms with van der Waals surface area (Å²) in [6.45, 7) is 0. The van der Waals surface area contributed by atoms with Crippen molar-refractivity contribution >= 4 is 57.1 Å². The fraction of sp³-hybridized carbons (Fsp3) is 0.0625. The van der Waals surface area contributed by atoms with Crippen LogP contribution >= 0.6 is 35.4 Å². The molecule has 2 N–H and O–H groups in total. The van der Waals surface area contributed by atoms with Crippen molar-refractivity contribution in [3.05, 3.63) is 58.3 Å². The van der Waals surface area contributed by atoms with Crippen LogP contribution in [0.5, 0.6) is 0 Å². The standard InChI is InChI=1S/C16H10Cl2N4S/c17-11-6-5-9(7-12(11)18)20-16(23)10(8-19)15-21-13-3-1-2-4-14(13)22-15/h1-7,10H,(H,20,23)(H,21,22). The van der Waals surface area contributed by atoms with Gasteiger partial charge in [-0.3, -0.25) is 0 Å². The van der Waals surface area contributed by atoms with Crippen molar-refractivity contribution in [2.75, 3.05) is 5.32 Å². The maximum atomic E-state index is 9.47. The van der Waals surface area contributed by atoms with E-state index in [9.17, 15) is 5.26 Å². The van der Waals surface area contributed by atoms with E-state index in [1.54, 1.807) is 18.2 Å². The number of para-hydroxylation sites is 2. The molecule has 1 atom stereocenters. The van der Waals surface area contributed by atoms with Gasteiger partial charge in [0.2, 0.25) is 0 Å². The number of aromatic amines is 1. The van der Waals surface area contributed by atoms with Crippen molar-refractivity contribution in [3.8, 4) is 6.07 Å². The number of rotatable bonds is 3. The smallest absolute Gasteiger partial charge is 0.154 e. The molecule has 3 rings (SSSR count). The van der Waals surface area contributed by atoms with E-state index in [1.165, 1.54) is 0 Å². The molecule has 0 aliphatic heterocycles. The summed E-state index contributed by atoms with van der Waals surface area (Å²) in [5.41, 5.74) is 2.32. The summed E-state index contributed by atoms with van der Waals surface area (Å²) in [6, 6.07) is 14.8. The van der Waals surface area contributed by atoms with E-state index in [-0.39, 0.29) is 0 Å². The first-order valence-electron chi connectivity index (χ1n) is 6.68. The number of nitriles is 1. The van der Waals surface area contributed by atoms with Crippen molar-refractivity contribution in [3.63, 3.8) is 0 Å². The van der Waals surface area contributed by atoms with Gasteiger partial charge in [-0.2, -0.15) is 5.26 Å². The number of nitrogens with zero attached hydrogens (tertiary/aromatic N) is 2. The summed E-state index contributed by atoms with van der Waals surface area (Å²) >= 11 is 17.2. The van der Waals surface area contributed by atoms with E-state index in [1.807, 2.05) is 24.3 Å². The molecule has 0 radical (unpaired) electrons. The predicted octanol–water partition coefficient (Wildman–Crippen LogP) is 4.92. The number of nitrogens with one attached hydrogen (secondary N) is 2. The van der Waals surface area contributed by atoms with E-state index in [2.05, 4.69) is 21.4 Å². The lowest BCUT2D eigenvalue weighted by atomic mass is 10.1. The average Bonchev–Trinajstić information content (AvgIpc) is 2.95. The highest BCUT2D eigenvalue weighted by molar-refractivity contribution is 7.80. The number of benzene rings is 2. The van der Waals surface area contributed by atoms with Gasteiger partial charge in [0.05, 0.1) is 27.1 Å². The summed E-state index contributed by atoms with van der Waals surface area (Å²) in [6.07, 6.45) is 0. The summed E-state index contributed by atoms with van der Waals surface area (Å²) in [5.74, 6) is -0.182. The first-order chi connectivity index (χ1) is 11.1. The highest BCUT2D eigenvalue weighted by Crippen LogP contribution is 2.26. The van der Waals surface area contributed by atoms with Gasteiger partial charge in [-0.1, -0.05) is 47.6 Å². The monoisotopic (exact) mass is 360 g/mol. The third kappa shape index (κ3) is 3.30. The molecule has 23 heavy (non-hydrogen) atoms. The van der Waals surface area contributed by atoms with Gasteiger partial charge in [0.15, 0.2) is 5.92 Å². The Balaban J connectivity index is 1.86. The molecular weight excluding hydrogens is 351 g/mol. The molecule has 2 aromatic carbocycles. The molecule has 1 unspecified atom stereocenters. The SMILES string of the molecule is N#CC(C(=S)Nc1ccc(Cl)c(Cl)c1)c1nc2ccccc2[nH]1. The quantitative estimate of drug-likeness (QED) is 0.650. The Labute approximate surface area is 148 Å². The van der Waals surface area contributed by atoms with E-state index in [0.29, 0.717) is 26.5 Å². The van der Waals surface area contributed by atoms with E-state index in [4.69, 9.17) is 35.4 Å². The second kappa shape index (κ2) is 6.55. The summed E-state index contributed by atoms with van der Waals surface area (Å²) in [7, 11) is 0. The van der Waals surface area contributed by atoms with Crippen LogP contribution in [0.25, 0.3) is 11.0 Å². The molecule has 3 aromatic rings. The van der Waals surface area contributed by atoms with Gasteiger partial charge in [-0.15, -0.1) is 0 Å². The molecule has 0 saturated heterocycles. The van der Waals surface area contributed by atoms with Gasteiger partial charge in [-0.25, -0.2) is 4.98 Å². The summed E-state index contributed by atoms with van der Waals surface area (Å²) < 4.78 is 0. The van der Waals surface area contributed by atoms with E-state index >= 15 is 0 Å². The van der Waals surface area contributed by atoms with Crippen molar-refractivity contribution in [1.29, 1.82) is 5.26 Å². The molecule has 1 aromatic heterocycles. The molecule has 7 heteroatoms. The second-order valence-electron chi connectivity index (χ2n) is 4.82. The Kier molecular flexibility index (Phi) is 4.49. The Morgan fingerprint density at radius 2 is 2.00 bits per heavy atom. The maximum absolute atomic E-state index is 9.47. The lowest BCUT2D eigenvalue weighted by molar-refractivity contribution is 1.02. The first kappa shape index (κ1) is 15.8. The minimum atomic E-state index is -0.688. The van der Waals surface area contributed by atoms with Crippen molar-refractivity contribution in [2.24, 2.45) is 0 Å². The van der Waals surface area contributed by atoms with Crippen LogP contribution in [0, 0.1) is 11.3 Å². The number of halogens is 2. The number of hydrogen-bond acceptors (Lipinski definition) is 3. The summed E-state index contributed by atoms with van der Waals surface area (Å²) in [4.78, 5) is 7.89. The Hall–Kier alpha value is -2.13. The van der Waals surface area contributed by atoms with Gasteiger partial charge < -0.3 is 10.3 Å². The van der Waals surface area contributed by atoms with Crippen molar-refractivity contribution in [1.82, 2.24) is 9.97 Å². The Bertz CT molecular complexity index is 896. The molecule has 0 bridgehead atoms. The molecule has 0 amide bonds. The van der Waals surface area contributed by atoms with Gasteiger partial charge in [0.25, 0.3) is 0 Å². The highest BCUT2D eigenvalue weighted by Gasteiger charge is 2.20. The number of thiocarbonyl (C=S) groups is 1. The zero-order valence-corrected chi connectivity index (χ0v) is 14.0. The molecule has 1 heterocycles. The van der Waals surface area contributed by atoms with Crippen molar-refractivity contribution < 1.29 is 0 Å². The molecule has 0 fully saturated rings. The fourth-order valence-corrected chi connectivity index (χ4v) is 2.72. The van der Waals surface area contributed by atoms with Crippen LogP contribution < -0.4 is 5.32 Å². The molecule has 0 spiro atoms. The summed E-state index contributed by atoms with van der Waals surface area (Å²) in [5, 5.41) is 13.3. The zero-order valence-electron chi connectivity index (χ0n) is 11.7. The van der Waals surface area contributed by atoms with Crippen LogP contribution in [0.2, 0.25) is 10.0 Å². The van der Waals surface area contributed by atoms with Crippen LogP contribution in [0.1, 0.15) is 11.7 Å². The molecule has 114 valence electrons. The third-order valence-electron chi connectivity index (χ3n) is 3.26. The van der Waals surface area contributed by atoms with Crippen LogP contribution in [0.15, 0.2) is 42.5 Å². The highest BCUT2D eigenvalue weighted by atomic mass is 35.5. The third-order valence-corrected chi connectivity index (χ3v) is 4.34. The number of H-pyrrole nitrogens is 1. The van der Waals surface area contributed by atoms with Crippen LogP contribution in [0.3, 0.4) is 0 Å². The Morgan fingerprint density at radius 1 is 1.22 bits per heavy atom. The topological polar surface area (TPSA) is 64.5 Å². The number of fused-ring (bicyclic) bond motifs is 1. The zero-order chi connectivity index (χ0) is 16.4. The van der Waals surface area contributed by atoms with Crippen molar-refractivity contribution in [2.45, 2.75) is 5.92 Å². The van der Waals surface area contributed by atoms with E-state index < -0.39 is 5.92 Å².